The largest absolute Gasteiger partial charge is 0.397 e. The van der Waals surface area contributed by atoms with Crippen LogP contribution in [0.2, 0.25) is 0 Å². The van der Waals surface area contributed by atoms with E-state index >= 15 is 0 Å². The molecule has 4 N–H and O–H groups in total. The molecule has 56 valence electrons. The number of nitrogens with zero attached hydrogens (tertiary/aromatic N) is 2. The average Bonchev–Trinajstić information content (AvgIpc) is 2.45. The lowest BCUT2D eigenvalue weighted by atomic mass is 10.2. The van der Waals surface area contributed by atoms with Crippen LogP contribution >= 0.6 is 11.5 Å². The molecule has 0 bridgehead atoms. The van der Waals surface area contributed by atoms with Gasteiger partial charge in [0.25, 0.3) is 0 Å². The summed E-state index contributed by atoms with van der Waals surface area (Å²) in [5, 5.41) is 3.85. The van der Waals surface area contributed by atoms with Gasteiger partial charge in [0.05, 0.1) is 11.4 Å². The van der Waals surface area contributed by atoms with Gasteiger partial charge in [-0.25, -0.2) is 0 Å². The SMILES string of the molecule is Nc1ccc2nnsc2c1N. The Hall–Kier alpha value is -1.36. The normalized spacial score (nSPS) is 10.5. The summed E-state index contributed by atoms with van der Waals surface area (Å²) in [6.07, 6.45) is 0. The van der Waals surface area contributed by atoms with Crippen LogP contribution in [0, 0.1) is 0 Å². The molecule has 4 nitrogen and oxygen atoms in total. The van der Waals surface area contributed by atoms with Gasteiger partial charge >= 0.3 is 0 Å². The van der Waals surface area contributed by atoms with Crippen LogP contribution in [0.1, 0.15) is 0 Å². The minimum atomic E-state index is 0.581. The second kappa shape index (κ2) is 2.06. The summed E-state index contributed by atoms with van der Waals surface area (Å²) in [6, 6.07) is 3.55. The van der Waals surface area contributed by atoms with Crippen LogP contribution in [0.4, 0.5) is 11.4 Å². The first kappa shape index (κ1) is 6.36. The molecular weight excluding hydrogens is 160 g/mol. The van der Waals surface area contributed by atoms with Gasteiger partial charge in [-0.3, -0.25) is 0 Å². The molecule has 0 amide bonds. The van der Waals surface area contributed by atoms with Crippen molar-refractivity contribution in [3.05, 3.63) is 12.1 Å². The molecule has 0 saturated carbocycles. The third-order valence-corrected chi connectivity index (χ3v) is 2.26. The highest BCUT2D eigenvalue weighted by atomic mass is 32.1. The summed E-state index contributed by atoms with van der Waals surface area (Å²) in [6.45, 7) is 0. The van der Waals surface area contributed by atoms with Crippen LogP contribution in [0.15, 0.2) is 12.1 Å². The second-order valence-electron chi connectivity index (χ2n) is 2.19. The maximum Gasteiger partial charge on any atom is 0.108 e. The molecule has 0 unspecified atom stereocenters. The van der Waals surface area contributed by atoms with Gasteiger partial charge in [0.15, 0.2) is 0 Å². The van der Waals surface area contributed by atoms with E-state index in [-0.39, 0.29) is 0 Å². The first-order valence-corrected chi connectivity index (χ1v) is 3.82. The zero-order valence-corrected chi connectivity index (χ0v) is 6.43. The van der Waals surface area contributed by atoms with E-state index in [4.69, 9.17) is 11.5 Å². The summed E-state index contributed by atoms with van der Waals surface area (Å²) >= 11 is 1.26. The summed E-state index contributed by atoms with van der Waals surface area (Å²) < 4.78 is 4.63. The van der Waals surface area contributed by atoms with Crippen molar-refractivity contribution in [3.8, 4) is 0 Å². The summed E-state index contributed by atoms with van der Waals surface area (Å²) in [7, 11) is 0. The van der Waals surface area contributed by atoms with Crippen molar-refractivity contribution in [1.82, 2.24) is 9.59 Å². The van der Waals surface area contributed by atoms with Crippen molar-refractivity contribution in [1.29, 1.82) is 0 Å². The summed E-state index contributed by atoms with van der Waals surface area (Å²) in [5.41, 5.74) is 13.2. The molecule has 1 aromatic carbocycles. The van der Waals surface area contributed by atoms with Gasteiger partial charge in [-0.05, 0) is 23.7 Å². The number of benzene rings is 1. The number of hydrogen-bond donors (Lipinski definition) is 2. The Morgan fingerprint density at radius 1 is 1.27 bits per heavy atom. The number of aromatic nitrogens is 2. The van der Waals surface area contributed by atoms with Crippen molar-refractivity contribution < 1.29 is 0 Å². The highest BCUT2D eigenvalue weighted by Crippen LogP contribution is 2.27. The third kappa shape index (κ3) is 0.813. The number of rotatable bonds is 0. The lowest BCUT2D eigenvalue weighted by Gasteiger charge is -1.97. The quantitative estimate of drug-likeness (QED) is 0.569. The Bertz CT molecular complexity index is 394. The third-order valence-electron chi connectivity index (χ3n) is 1.49. The molecule has 0 saturated heterocycles. The van der Waals surface area contributed by atoms with Crippen LogP contribution in [0.25, 0.3) is 10.2 Å². The van der Waals surface area contributed by atoms with Crippen molar-refractivity contribution in [2.75, 3.05) is 11.5 Å². The fraction of sp³-hybridized carbons (Fsp3) is 0. The number of nitrogens with two attached hydrogens (primary N) is 2. The maximum atomic E-state index is 5.67. The van der Waals surface area contributed by atoms with Crippen LogP contribution in [0.5, 0.6) is 0 Å². The topological polar surface area (TPSA) is 77.8 Å². The van der Waals surface area contributed by atoms with Gasteiger partial charge in [0.1, 0.15) is 10.2 Å². The van der Waals surface area contributed by atoms with Gasteiger partial charge in [-0.1, -0.05) is 4.49 Å². The fourth-order valence-corrected chi connectivity index (χ4v) is 1.51. The van der Waals surface area contributed by atoms with Crippen molar-refractivity contribution in [2.45, 2.75) is 0 Å². The van der Waals surface area contributed by atoms with Crippen LogP contribution < -0.4 is 11.5 Å². The first-order chi connectivity index (χ1) is 5.29. The monoisotopic (exact) mass is 166 g/mol. The molecule has 1 aromatic heterocycles. The predicted octanol–water partition coefficient (Wildman–Crippen LogP) is 0.856. The zero-order chi connectivity index (χ0) is 7.84. The molecule has 2 aromatic rings. The van der Waals surface area contributed by atoms with Crippen LogP contribution in [0.3, 0.4) is 0 Å². The second-order valence-corrected chi connectivity index (χ2v) is 2.94. The van der Waals surface area contributed by atoms with Gasteiger partial charge in [-0.2, -0.15) is 0 Å². The Kier molecular flexibility index (Phi) is 1.19. The highest BCUT2D eigenvalue weighted by Gasteiger charge is 2.03. The molecule has 5 heteroatoms. The van der Waals surface area contributed by atoms with Gasteiger partial charge in [0.2, 0.25) is 0 Å². The first-order valence-electron chi connectivity index (χ1n) is 3.05. The molecule has 0 fully saturated rings. The van der Waals surface area contributed by atoms with Gasteiger partial charge in [0, 0.05) is 0 Å². The van der Waals surface area contributed by atoms with E-state index < -0.39 is 0 Å². The standard InChI is InChI=1S/C6H6N4S/c7-3-1-2-4-6(5(3)8)11-10-9-4/h1-2H,7-8H2. The molecule has 0 atom stereocenters. The lowest BCUT2D eigenvalue weighted by Crippen LogP contribution is -1.93. The fourth-order valence-electron chi connectivity index (χ4n) is 0.883. The van der Waals surface area contributed by atoms with Gasteiger partial charge in [-0.15, -0.1) is 5.10 Å². The number of fused-ring (bicyclic) bond motifs is 1. The molecule has 0 spiro atoms. The molecule has 0 radical (unpaired) electrons. The van der Waals surface area contributed by atoms with Crippen molar-refractivity contribution in [2.24, 2.45) is 0 Å². The van der Waals surface area contributed by atoms with E-state index in [9.17, 15) is 0 Å². The molecule has 0 aliphatic carbocycles. The minimum absolute atomic E-state index is 0.581. The van der Waals surface area contributed by atoms with Crippen molar-refractivity contribution >= 4 is 33.1 Å². The maximum absolute atomic E-state index is 5.67. The molecule has 0 aliphatic heterocycles. The number of anilines is 2. The predicted molar refractivity (Wildman–Crippen MR) is 46.2 cm³/mol. The van der Waals surface area contributed by atoms with Gasteiger partial charge < -0.3 is 11.5 Å². The summed E-state index contributed by atoms with van der Waals surface area (Å²) in [5.74, 6) is 0. The highest BCUT2D eigenvalue weighted by molar-refractivity contribution is 7.13. The molecule has 1 heterocycles. The zero-order valence-electron chi connectivity index (χ0n) is 5.61. The lowest BCUT2D eigenvalue weighted by molar-refractivity contribution is 1.20. The Morgan fingerprint density at radius 2 is 2.09 bits per heavy atom. The average molecular weight is 166 g/mol. The van der Waals surface area contributed by atoms with Crippen LogP contribution in [-0.2, 0) is 0 Å². The minimum Gasteiger partial charge on any atom is -0.397 e. The molecular formula is C6H6N4S. The van der Waals surface area contributed by atoms with E-state index in [1.54, 1.807) is 6.07 Å². The number of nitrogen functional groups attached to an aromatic ring is 2. The Labute approximate surface area is 67.0 Å². The van der Waals surface area contributed by atoms with E-state index in [1.165, 1.54) is 11.5 Å². The Morgan fingerprint density at radius 3 is 2.91 bits per heavy atom. The summed E-state index contributed by atoms with van der Waals surface area (Å²) in [4.78, 5) is 0. The van der Waals surface area contributed by atoms with Crippen LogP contribution in [-0.4, -0.2) is 9.59 Å². The Balaban J connectivity index is 2.93. The van der Waals surface area contributed by atoms with E-state index in [0.717, 1.165) is 10.2 Å². The number of hydrogen-bond acceptors (Lipinski definition) is 5. The van der Waals surface area contributed by atoms with E-state index in [1.807, 2.05) is 6.07 Å². The van der Waals surface area contributed by atoms with E-state index in [2.05, 4.69) is 9.59 Å². The smallest absolute Gasteiger partial charge is 0.108 e. The van der Waals surface area contributed by atoms with E-state index in [0.29, 0.717) is 11.4 Å². The van der Waals surface area contributed by atoms with Crippen molar-refractivity contribution in [3.63, 3.8) is 0 Å². The molecule has 0 aliphatic rings. The molecule has 11 heavy (non-hydrogen) atoms. The molecule has 2 rings (SSSR count).